The molecule has 0 atom stereocenters. The zero-order valence-electron chi connectivity index (χ0n) is 11.5. The average molecular weight is 279 g/mol. The first-order chi connectivity index (χ1) is 9.76. The van der Waals surface area contributed by atoms with Gasteiger partial charge in [-0.15, -0.1) is 0 Å². The van der Waals surface area contributed by atoms with Crippen LogP contribution in [0.3, 0.4) is 0 Å². The van der Waals surface area contributed by atoms with Crippen LogP contribution in [0.1, 0.15) is 11.1 Å². The molecule has 20 heavy (non-hydrogen) atoms. The Hall–Kier alpha value is -1.77. The molecule has 0 amide bonds. The minimum atomic E-state index is 0.581. The zero-order chi connectivity index (χ0) is 13.9. The molecule has 0 aromatic heterocycles. The average Bonchev–Trinajstić information content (AvgIpc) is 2.49. The molecule has 0 radical (unpaired) electrons. The highest BCUT2D eigenvalue weighted by atomic mass is 32.2. The summed E-state index contributed by atoms with van der Waals surface area (Å²) in [4.78, 5) is 2.50. The van der Waals surface area contributed by atoms with Gasteiger partial charge in [-0.1, -0.05) is 59.8 Å². The minimum absolute atomic E-state index is 0.581. The number of nitrogens with two attached hydrogens (primary N) is 1. The van der Waals surface area contributed by atoms with Crippen molar-refractivity contribution < 1.29 is 0 Å². The van der Waals surface area contributed by atoms with Gasteiger partial charge in [0.15, 0.2) is 0 Å². The van der Waals surface area contributed by atoms with Crippen molar-refractivity contribution in [3.8, 4) is 0 Å². The van der Waals surface area contributed by atoms with E-state index >= 15 is 0 Å². The molecule has 0 aliphatic rings. The van der Waals surface area contributed by atoms with Gasteiger partial charge in [0.1, 0.15) is 0 Å². The number of hydrogen-bond donors (Lipinski definition) is 1. The third kappa shape index (κ3) is 2.72. The van der Waals surface area contributed by atoms with Gasteiger partial charge in [0.05, 0.1) is 0 Å². The van der Waals surface area contributed by atoms with Crippen LogP contribution >= 0.6 is 11.8 Å². The van der Waals surface area contributed by atoms with Gasteiger partial charge < -0.3 is 5.73 Å². The van der Waals surface area contributed by atoms with Gasteiger partial charge in [0.2, 0.25) is 0 Å². The summed E-state index contributed by atoms with van der Waals surface area (Å²) < 4.78 is 0. The zero-order valence-corrected chi connectivity index (χ0v) is 12.3. The number of benzene rings is 3. The Bertz CT molecular complexity index is 749. The van der Waals surface area contributed by atoms with Gasteiger partial charge in [0.25, 0.3) is 0 Å². The second-order valence-electron chi connectivity index (χ2n) is 4.93. The standard InChI is InChI=1S/C18H17NS/c1-13-6-9-18(16(10-13)12-19)20-17-8-7-14-4-2-3-5-15(14)11-17/h2-11H,12,19H2,1H3. The van der Waals surface area contributed by atoms with Crippen molar-refractivity contribution in [2.24, 2.45) is 5.73 Å². The van der Waals surface area contributed by atoms with Gasteiger partial charge in [-0.05, 0) is 41.5 Å². The molecule has 100 valence electrons. The largest absolute Gasteiger partial charge is 0.326 e. The van der Waals surface area contributed by atoms with E-state index in [9.17, 15) is 0 Å². The van der Waals surface area contributed by atoms with Crippen molar-refractivity contribution in [1.82, 2.24) is 0 Å². The molecule has 3 aromatic carbocycles. The molecule has 0 heterocycles. The fourth-order valence-corrected chi connectivity index (χ4v) is 3.31. The third-order valence-corrected chi connectivity index (χ3v) is 4.49. The minimum Gasteiger partial charge on any atom is -0.326 e. The van der Waals surface area contributed by atoms with E-state index in [1.165, 1.54) is 31.7 Å². The van der Waals surface area contributed by atoms with Crippen molar-refractivity contribution >= 4 is 22.5 Å². The molecule has 0 saturated heterocycles. The smallest absolute Gasteiger partial charge is 0.0189 e. The van der Waals surface area contributed by atoms with Crippen LogP contribution in [0.4, 0.5) is 0 Å². The third-order valence-electron chi connectivity index (χ3n) is 3.38. The molecule has 0 aliphatic heterocycles. The topological polar surface area (TPSA) is 26.0 Å². The molecule has 2 N–H and O–H groups in total. The van der Waals surface area contributed by atoms with E-state index in [1.807, 2.05) is 0 Å². The van der Waals surface area contributed by atoms with Crippen LogP contribution in [0.15, 0.2) is 70.5 Å². The molecule has 0 unspecified atom stereocenters. The SMILES string of the molecule is Cc1ccc(Sc2ccc3ccccc3c2)c(CN)c1. The van der Waals surface area contributed by atoms with Gasteiger partial charge in [0, 0.05) is 16.3 Å². The van der Waals surface area contributed by atoms with Crippen LogP contribution in [0.5, 0.6) is 0 Å². The van der Waals surface area contributed by atoms with Crippen molar-refractivity contribution in [2.75, 3.05) is 0 Å². The van der Waals surface area contributed by atoms with E-state index in [0.29, 0.717) is 6.54 Å². The summed E-state index contributed by atoms with van der Waals surface area (Å²) in [6.07, 6.45) is 0. The number of hydrogen-bond acceptors (Lipinski definition) is 2. The van der Waals surface area contributed by atoms with Crippen molar-refractivity contribution in [2.45, 2.75) is 23.3 Å². The fraction of sp³-hybridized carbons (Fsp3) is 0.111. The maximum absolute atomic E-state index is 5.85. The molecule has 0 aliphatic carbocycles. The van der Waals surface area contributed by atoms with Crippen LogP contribution in [-0.2, 0) is 6.54 Å². The molecule has 2 heteroatoms. The van der Waals surface area contributed by atoms with Gasteiger partial charge >= 0.3 is 0 Å². The molecule has 0 bridgehead atoms. The van der Waals surface area contributed by atoms with Crippen molar-refractivity contribution in [1.29, 1.82) is 0 Å². The predicted molar refractivity (Wildman–Crippen MR) is 87.1 cm³/mol. The molecule has 0 fully saturated rings. The number of aryl methyl sites for hydroxylation is 1. The predicted octanol–water partition coefficient (Wildman–Crippen LogP) is 4.76. The molecule has 0 saturated carbocycles. The van der Waals surface area contributed by atoms with E-state index < -0.39 is 0 Å². The molecule has 1 nitrogen and oxygen atoms in total. The summed E-state index contributed by atoms with van der Waals surface area (Å²) in [6, 6.07) is 21.5. The van der Waals surface area contributed by atoms with Crippen LogP contribution in [0, 0.1) is 6.92 Å². The number of rotatable bonds is 3. The summed E-state index contributed by atoms with van der Waals surface area (Å²) in [5, 5.41) is 2.55. The maximum atomic E-state index is 5.85. The normalized spacial score (nSPS) is 10.9. The highest BCUT2D eigenvalue weighted by molar-refractivity contribution is 7.99. The molecular formula is C18H17NS. The first-order valence-corrected chi connectivity index (χ1v) is 7.54. The molecule has 3 rings (SSSR count). The Morgan fingerprint density at radius 1 is 0.900 bits per heavy atom. The molecule has 0 spiro atoms. The lowest BCUT2D eigenvalue weighted by atomic mass is 10.1. The summed E-state index contributed by atoms with van der Waals surface area (Å²) >= 11 is 1.78. The van der Waals surface area contributed by atoms with E-state index in [0.717, 1.165) is 0 Å². The van der Waals surface area contributed by atoms with Gasteiger partial charge in [-0.2, -0.15) is 0 Å². The second-order valence-corrected chi connectivity index (χ2v) is 6.04. The van der Waals surface area contributed by atoms with Gasteiger partial charge in [-0.3, -0.25) is 0 Å². The van der Waals surface area contributed by atoms with E-state index in [4.69, 9.17) is 5.73 Å². The van der Waals surface area contributed by atoms with Crippen LogP contribution < -0.4 is 5.73 Å². The van der Waals surface area contributed by atoms with Crippen LogP contribution in [-0.4, -0.2) is 0 Å². The van der Waals surface area contributed by atoms with Crippen molar-refractivity contribution in [3.05, 3.63) is 71.8 Å². The summed E-state index contributed by atoms with van der Waals surface area (Å²) in [5.41, 5.74) is 8.32. The Labute approximate surface area is 123 Å². The van der Waals surface area contributed by atoms with Crippen LogP contribution in [0.25, 0.3) is 10.8 Å². The lowest BCUT2D eigenvalue weighted by molar-refractivity contribution is 1.02. The Morgan fingerprint density at radius 3 is 2.50 bits per heavy atom. The first-order valence-electron chi connectivity index (χ1n) is 6.72. The highest BCUT2D eigenvalue weighted by Crippen LogP contribution is 2.32. The first kappa shape index (κ1) is 13.2. The second kappa shape index (κ2) is 5.70. The Morgan fingerprint density at radius 2 is 1.70 bits per heavy atom. The van der Waals surface area contributed by atoms with E-state index in [-0.39, 0.29) is 0 Å². The van der Waals surface area contributed by atoms with E-state index in [1.54, 1.807) is 11.8 Å². The van der Waals surface area contributed by atoms with Crippen molar-refractivity contribution in [3.63, 3.8) is 0 Å². The maximum Gasteiger partial charge on any atom is 0.0189 e. The lowest BCUT2D eigenvalue weighted by Gasteiger charge is -2.09. The summed E-state index contributed by atoms with van der Waals surface area (Å²) in [7, 11) is 0. The Kier molecular flexibility index (Phi) is 3.77. The monoisotopic (exact) mass is 279 g/mol. The van der Waals surface area contributed by atoms with E-state index in [2.05, 4.69) is 67.6 Å². The molecule has 3 aromatic rings. The summed E-state index contributed by atoms with van der Waals surface area (Å²) in [5.74, 6) is 0. The molecular weight excluding hydrogens is 262 g/mol. The van der Waals surface area contributed by atoms with Crippen LogP contribution in [0.2, 0.25) is 0 Å². The quantitative estimate of drug-likeness (QED) is 0.748. The lowest BCUT2D eigenvalue weighted by Crippen LogP contribution is -1.98. The number of fused-ring (bicyclic) bond motifs is 1. The highest BCUT2D eigenvalue weighted by Gasteiger charge is 2.04. The van der Waals surface area contributed by atoms with Gasteiger partial charge in [-0.25, -0.2) is 0 Å². The Balaban J connectivity index is 1.96. The fourth-order valence-electron chi connectivity index (χ4n) is 2.33. The summed E-state index contributed by atoms with van der Waals surface area (Å²) in [6.45, 7) is 2.68.